The van der Waals surface area contributed by atoms with Gasteiger partial charge in [-0.15, -0.1) is 19.7 Å². The maximum Gasteiger partial charge on any atom is 0.348 e. The molecule has 0 fully saturated rings. The topological polar surface area (TPSA) is 73.1 Å². The molecule has 0 radical (unpaired) electrons. The highest BCUT2D eigenvalue weighted by molar-refractivity contribution is 7.48. The monoisotopic (exact) mass is 287 g/mol. The molecule has 0 aromatic heterocycles. The summed E-state index contributed by atoms with van der Waals surface area (Å²) in [4.78, 5) is 28.1. The Morgan fingerprint density at radius 2 is 1.63 bits per heavy atom. The summed E-state index contributed by atoms with van der Waals surface area (Å²) in [7, 11) is -4.20. The number of hydrogen-bond acceptors (Lipinski definition) is 1. The lowest BCUT2D eigenvalue weighted by Gasteiger charge is -2.36. The molecular formula is C14H26NO3P. The van der Waals surface area contributed by atoms with Crippen LogP contribution in [0.5, 0.6) is 0 Å². The van der Waals surface area contributed by atoms with Gasteiger partial charge < -0.3 is 14.7 Å². The van der Waals surface area contributed by atoms with Gasteiger partial charge in [0, 0.05) is 0 Å². The van der Waals surface area contributed by atoms with Crippen LogP contribution in [0.3, 0.4) is 0 Å². The van der Waals surface area contributed by atoms with E-state index in [9.17, 15) is 14.7 Å². The van der Waals surface area contributed by atoms with Gasteiger partial charge in [-0.25, -0.2) is 4.74 Å². The first-order chi connectivity index (χ1) is 8.85. The number of hydrogen-bond donors (Lipinski definition) is 3. The van der Waals surface area contributed by atoms with Gasteiger partial charge in [-0.2, -0.15) is 0 Å². The molecule has 19 heavy (non-hydrogen) atoms. The first-order valence-electron chi connectivity index (χ1n) is 6.49. The maximum atomic E-state index is 9.35. The van der Waals surface area contributed by atoms with E-state index in [-0.39, 0.29) is 5.92 Å². The lowest BCUT2D eigenvalue weighted by Crippen LogP contribution is -2.35. The van der Waals surface area contributed by atoms with E-state index in [1.807, 2.05) is 0 Å². The molecule has 0 rings (SSSR count). The smallest absolute Gasteiger partial charge is 0.319 e. The van der Waals surface area contributed by atoms with Crippen molar-refractivity contribution in [2.45, 2.75) is 44.6 Å². The van der Waals surface area contributed by atoms with Gasteiger partial charge in [-0.3, -0.25) is 0 Å². The van der Waals surface area contributed by atoms with E-state index in [0.717, 1.165) is 12.8 Å². The van der Waals surface area contributed by atoms with E-state index in [0.29, 0.717) is 19.3 Å². The van der Waals surface area contributed by atoms with Crippen LogP contribution >= 0.6 is 7.74 Å². The fourth-order valence-electron chi connectivity index (χ4n) is 2.50. The highest BCUT2D eigenvalue weighted by atomic mass is 31.2. The molecule has 0 saturated heterocycles. The van der Waals surface area contributed by atoms with E-state index in [2.05, 4.69) is 31.4 Å². The van der Waals surface area contributed by atoms with Crippen molar-refractivity contribution in [2.24, 2.45) is 10.7 Å². The average molecular weight is 287 g/mol. The van der Waals surface area contributed by atoms with E-state index >= 15 is 0 Å². The summed E-state index contributed by atoms with van der Waals surface area (Å²) in [5.74, 6) is 0.0665. The van der Waals surface area contributed by atoms with Crippen LogP contribution in [-0.4, -0.2) is 20.2 Å². The summed E-state index contributed by atoms with van der Waals surface area (Å²) in [6.45, 7) is 13.2. The summed E-state index contributed by atoms with van der Waals surface area (Å²) < 4.78 is 3.94. The van der Waals surface area contributed by atoms with Gasteiger partial charge in [0.15, 0.2) is 0 Å². The molecule has 0 amide bonds. The van der Waals surface area contributed by atoms with Crippen molar-refractivity contribution in [2.75, 3.05) is 0 Å². The molecule has 3 N–H and O–H groups in total. The van der Waals surface area contributed by atoms with Gasteiger partial charge in [0.25, 0.3) is 0 Å². The van der Waals surface area contributed by atoms with Gasteiger partial charge >= 0.3 is 7.74 Å². The lowest BCUT2D eigenvalue weighted by atomic mass is 9.75. The minimum atomic E-state index is -4.20. The highest BCUT2D eigenvalue weighted by Crippen LogP contribution is 2.46. The molecule has 0 aromatic carbocycles. The molecule has 0 heterocycles. The average Bonchev–Trinajstić information content (AvgIpc) is 2.27. The Balaban J connectivity index is 5.69. The highest BCUT2D eigenvalue weighted by Gasteiger charge is 2.37. The Morgan fingerprint density at radius 3 is 1.95 bits per heavy atom. The minimum absolute atomic E-state index is 0.0665. The second kappa shape index (κ2) is 8.49. The Labute approximate surface area is 116 Å². The maximum absolute atomic E-state index is 9.35. The van der Waals surface area contributed by atoms with Crippen molar-refractivity contribution in [1.29, 1.82) is 0 Å². The normalized spacial score (nSPS) is 13.7. The van der Waals surface area contributed by atoms with E-state index in [4.69, 9.17) is 0 Å². The predicted molar refractivity (Wildman–Crippen MR) is 81.6 cm³/mol. The molecule has 110 valence electrons. The van der Waals surface area contributed by atoms with Crippen molar-refractivity contribution in [3.8, 4) is 0 Å². The van der Waals surface area contributed by atoms with Crippen molar-refractivity contribution >= 4 is 7.74 Å². The molecule has 0 aromatic rings. The predicted octanol–water partition coefficient (Wildman–Crippen LogP) is 3.79. The van der Waals surface area contributed by atoms with Gasteiger partial charge in [0.2, 0.25) is 0 Å². The molecule has 0 aliphatic heterocycles. The Bertz CT molecular complexity index is 341. The summed E-state index contributed by atoms with van der Waals surface area (Å²) >= 11 is 0. The molecule has 0 saturated carbocycles. The second-order valence-corrected chi connectivity index (χ2v) is 6.01. The quantitative estimate of drug-likeness (QED) is 0.423. The van der Waals surface area contributed by atoms with Gasteiger partial charge in [-0.05, 0) is 31.6 Å². The molecule has 5 heteroatoms. The summed E-state index contributed by atoms with van der Waals surface area (Å²) in [6.07, 6.45) is 8.59. The van der Waals surface area contributed by atoms with Crippen LogP contribution in [0.25, 0.3) is 0 Å². The van der Waals surface area contributed by atoms with Gasteiger partial charge in [0.05, 0.1) is 5.54 Å². The number of nitrogens with zero attached hydrogens (tertiary/aromatic N) is 1. The van der Waals surface area contributed by atoms with Gasteiger partial charge in [0.1, 0.15) is 0 Å². The first-order valence-corrected chi connectivity index (χ1v) is 8.09. The van der Waals surface area contributed by atoms with Crippen LogP contribution in [0, 0.1) is 5.92 Å². The number of allylic oxidation sites excluding steroid dienone is 1. The van der Waals surface area contributed by atoms with Crippen LogP contribution in [-0.2, 0) is 0 Å². The van der Waals surface area contributed by atoms with E-state index < -0.39 is 13.3 Å². The molecular weight excluding hydrogens is 261 g/mol. The third-order valence-corrected chi connectivity index (χ3v) is 3.84. The third-order valence-electron chi connectivity index (χ3n) is 3.18. The van der Waals surface area contributed by atoms with Crippen molar-refractivity contribution < 1.29 is 14.7 Å². The molecule has 0 aliphatic carbocycles. The van der Waals surface area contributed by atoms with Crippen LogP contribution in [0.4, 0.5) is 0 Å². The van der Waals surface area contributed by atoms with Crippen LogP contribution in [0.1, 0.15) is 39.0 Å². The molecule has 0 bridgehead atoms. The van der Waals surface area contributed by atoms with Gasteiger partial charge in [-0.1, -0.05) is 31.6 Å². The standard InChI is InChI=1S/C14H26NO3P/c1-5-9-13(10-6-2)14(11-7-3,12-8-4)15-19(16,17)18/h5,7-8,13,16-18H,1,3-4,6,9-12H2,2H3. The fraction of sp³-hybridized carbons (Fsp3) is 0.571. The Morgan fingerprint density at radius 1 is 1.11 bits per heavy atom. The third kappa shape index (κ3) is 6.35. The summed E-state index contributed by atoms with van der Waals surface area (Å²) in [6, 6.07) is 0. The van der Waals surface area contributed by atoms with Crippen LogP contribution in [0.2, 0.25) is 0 Å². The van der Waals surface area contributed by atoms with E-state index in [1.54, 1.807) is 18.2 Å². The minimum Gasteiger partial charge on any atom is -0.319 e. The van der Waals surface area contributed by atoms with Crippen molar-refractivity contribution in [3.63, 3.8) is 0 Å². The summed E-state index contributed by atoms with van der Waals surface area (Å²) in [5.41, 5.74) is -0.778. The van der Waals surface area contributed by atoms with Crippen molar-refractivity contribution in [1.82, 2.24) is 0 Å². The summed E-state index contributed by atoms with van der Waals surface area (Å²) in [5, 5.41) is 0. The largest absolute Gasteiger partial charge is 0.348 e. The Hall–Kier alpha value is -0.670. The molecule has 4 nitrogen and oxygen atoms in total. The lowest BCUT2D eigenvalue weighted by molar-refractivity contribution is 0.245. The molecule has 1 atom stereocenters. The molecule has 1 unspecified atom stereocenters. The SMILES string of the molecule is C=CCC(CCC)C(CC=C)(CC=C)N=P(O)(O)O. The van der Waals surface area contributed by atoms with Crippen LogP contribution < -0.4 is 0 Å². The van der Waals surface area contributed by atoms with E-state index in [1.165, 1.54) is 0 Å². The van der Waals surface area contributed by atoms with Crippen LogP contribution in [0.15, 0.2) is 42.7 Å². The first kappa shape index (κ1) is 18.3. The van der Waals surface area contributed by atoms with Crippen molar-refractivity contribution in [3.05, 3.63) is 38.0 Å². The fourth-order valence-corrected chi connectivity index (χ4v) is 3.36. The Kier molecular flexibility index (Phi) is 8.19. The zero-order valence-corrected chi connectivity index (χ0v) is 12.6. The number of rotatable bonds is 10. The second-order valence-electron chi connectivity index (χ2n) is 4.74. The zero-order valence-electron chi connectivity index (χ0n) is 11.7. The molecule has 0 spiro atoms. The zero-order chi connectivity index (χ0) is 14.9. The molecule has 0 aliphatic rings.